The van der Waals surface area contributed by atoms with Gasteiger partial charge in [0.1, 0.15) is 5.82 Å². The van der Waals surface area contributed by atoms with E-state index in [0.29, 0.717) is 17.5 Å². The second-order valence-corrected chi connectivity index (χ2v) is 8.39. The molecule has 0 bridgehead atoms. The minimum atomic E-state index is -3.73. The van der Waals surface area contributed by atoms with E-state index >= 15 is 0 Å². The van der Waals surface area contributed by atoms with Gasteiger partial charge in [0.15, 0.2) is 0 Å². The van der Waals surface area contributed by atoms with E-state index in [9.17, 15) is 8.42 Å². The summed E-state index contributed by atoms with van der Waals surface area (Å²) in [6.07, 6.45) is 0. The highest BCUT2D eigenvalue weighted by molar-refractivity contribution is 7.92. The largest absolute Gasteiger partial charge is 0.322 e. The molecule has 1 N–H and O–H groups in total. The summed E-state index contributed by atoms with van der Waals surface area (Å²) >= 11 is 0. The first-order valence-electron chi connectivity index (χ1n) is 8.43. The number of aromatic amines is 1. The lowest BCUT2D eigenvalue weighted by molar-refractivity contribution is 0.593. The Balaban J connectivity index is 1.81. The van der Waals surface area contributed by atoms with Crippen LogP contribution in [0.1, 0.15) is 11.3 Å². The van der Waals surface area contributed by atoms with E-state index in [2.05, 4.69) is 15.1 Å². The number of hydrogen-bond acceptors (Lipinski definition) is 4. The Kier molecular flexibility index (Phi) is 4.00. The number of fused-ring (bicyclic) bond motifs is 1. The molecule has 0 unspecified atom stereocenters. The number of nitrogens with zero attached hydrogens (tertiary/aromatic N) is 4. The van der Waals surface area contributed by atoms with Crippen LogP contribution in [0.3, 0.4) is 0 Å². The van der Waals surface area contributed by atoms with E-state index in [1.54, 1.807) is 30.3 Å². The fourth-order valence-corrected chi connectivity index (χ4v) is 4.07. The molecule has 4 rings (SSSR count). The van der Waals surface area contributed by atoms with Crippen LogP contribution in [0.25, 0.3) is 17.0 Å². The molecule has 0 aliphatic rings. The SMILES string of the molecule is Cc1ccc(S(=O)(=O)N(C)c2cc(C)nn2-c2nc3ccccc3[nH]2)cc1. The third-order valence-corrected chi connectivity index (χ3v) is 6.17. The molecule has 2 aromatic carbocycles. The zero-order chi connectivity index (χ0) is 19.2. The molecule has 2 heterocycles. The van der Waals surface area contributed by atoms with Crippen LogP contribution >= 0.6 is 0 Å². The molecular weight excluding hydrogens is 362 g/mol. The quantitative estimate of drug-likeness (QED) is 0.588. The van der Waals surface area contributed by atoms with Crippen LogP contribution in [0.4, 0.5) is 5.82 Å². The van der Waals surface area contributed by atoms with E-state index in [1.165, 1.54) is 16.0 Å². The van der Waals surface area contributed by atoms with Crippen molar-refractivity contribution in [2.75, 3.05) is 11.4 Å². The number of aromatic nitrogens is 4. The van der Waals surface area contributed by atoms with Crippen molar-refractivity contribution in [2.45, 2.75) is 18.7 Å². The third-order valence-electron chi connectivity index (χ3n) is 4.39. The average Bonchev–Trinajstić information content (AvgIpc) is 3.24. The van der Waals surface area contributed by atoms with E-state index < -0.39 is 10.0 Å². The van der Waals surface area contributed by atoms with Gasteiger partial charge in [0.05, 0.1) is 21.6 Å². The van der Waals surface area contributed by atoms with E-state index in [1.807, 2.05) is 38.1 Å². The lowest BCUT2D eigenvalue weighted by atomic mass is 10.2. The molecule has 0 saturated heterocycles. The van der Waals surface area contributed by atoms with Gasteiger partial charge in [0.2, 0.25) is 5.95 Å². The molecule has 0 aliphatic heterocycles. The van der Waals surface area contributed by atoms with Gasteiger partial charge in [0.25, 0.3) is 10.0 Å². The lowest BCUT2D eigenvalue weighted by Crippen LogP contribution is -2.28. The highest BCUT2D eigenvalue weighted by Crippen LogP contribution is 2.26. The molecule has 138 valence electrons. The number of hydrogen-bond donors (Lipinski definition) is 1. The number of anilines is 1. The molecule has 0 radical (unpaired) electrons. The zero-order valence-corrected chi connectivity index (χ0v) is 16.0. The van der Waals surface area contributed by atoms with Crippen molar-refractivity contribution in [3.05, 3.63) is 65.9 Å². The number of benzene rings is 2. The standard InChI is InChI=1S/C19H19N5O2S/c1-13-8-10-15(11-9-13)27(25,26)23(3)18-12-14(2)22-24(18)19-20-16-6-4-5-7-17(16)21-19/h4-12H,1-3H3,(H,20,21). The van der Waals surface area contributed by atoms with Crippen molar-refractivity contribution in [3.63, 3.8) is 0 Å². The summed E-state index contributed by atoms with van der Waals surface area (Å²) < 4.78 is 28.9. The van der Waals surface area contributed by atoms with Crippen LogP contribution in [0.5, 0.6) is 0 Å². The first-order chi connectivity index (χ1) is 12.9. The Morgan fingerprint density at radius 2 is 1.74 bits per heavy atom. The Morgan fingerprint density at radius 3 is 2.44 bits per heavy atom. The average molecular weight is 381 g/mol. The van der Waals surface area contributed by atoms with E-state index in [0.717, 1.165) is 16.6 Å². The van der Waals surface area contributed by atoms with E-state index in [4.69, 9.17) is 0 Å². The highest BCUT2D eigenvalue weighted by atomic mass is 32.2. The maximum atomic E-state index is 13.1. The van der Waals surface area contributed by atoms with Crippen LogP contribution < -0.4 is 4.31 Å². The van der Waals surface area contributed by atoms with Gasteiger partial charge in [-0.05, 0) is 38.1 Å². The summed E-state index contributed by atoms with van der Waals surface area (Å²) in [6.45, 7) is 3.73. The predicted molar refractivity (Wildman–Crippen MR) is 105 cm³/mol. The Labute approximate surface area is 157 Å². The molecule has 0 atom stereocenters. The molecule has 0 aliphatic carbocycles. The molecule has 27 heavy (non-hydrogen) atoms. The maximum Gasteiger partial charge on any atom is 0.265 e. The van der Waals surface area contributed by atoms with Gasteiger partial charge in [-0.1, -0.05) is 29.8 Å². The smallest absolute Gasteiger partial charge is 0.265 e. The molecule has 0 amide bonds. The van der Waals surface area contributed by atoms with Gasteiger partial charge in [-0.25, -0.2) is 13.4 Å². The second kappa shape index (κ2) is 6.24. The van der Waals surface area contributed by atoms with Crippen molar-refractivity contribution in [2.24, 2.45) is 0 Å². The van der Waals surface area contributed by atoms with Crippen LogP contribution in [-0.4, -0.2) is 35.2 Å². The van der Waals surface area contributed by atoms with Crippen molar-refractivity contribution >= 4 is 26.9 Å². The second-order valence-electron chi connectivity index (χ2n) is 6.42. The van der Waals surface area contributed by atoms with Gasteiger partial charge in [0, 0.05) is 13.1 Å². The van der Waals surface area contributed by atoms with Gasteiger partial charge >= 0.3 is 0 Å². The van der Waals surface area contributed by atoms with Crippen LogP contribution in [0.15, 0.2) is 59.5 Å². The number of nitrogens with one attached hydrogen (secondary N) is 1. The minimum Gasteiger partial charge on any atom is -0.322 e. The molecule has 8 heteroatoms. The Bertz CT molecular complexity index is 1190. The molecule has 7 nitrogen and oxygen atoms in total. The summed E-state index contributed by atoms with van der Waals surface area (Å²) in [4.78, 5) is 7.94. The number of aryl methyl sites for hydroxylation is 2. The molecule has 0 spiro atoms. The Hall–Kier alpha value is -3.13. The normalized spacial score (nSPS) is 11.8. The van der Waals surface area contributed by atoms with Gasteiger partial charge < -0.3 is 4.98 Å². The number of rotatable bonds is 4. The summed E-state index contributed by atoms with van der Waals surface area (Å²) in [5.74, 6) is 0.873. The monoisotopic (exact) mass is 381 g/mol. The maximum absolute atomic E-state index is 13.1. The lowest BCUT2D eigenvalue weighted by Gasteiger charge is -2.19. The highest BCUT2D eigenvalue weighted by Gasteiger charge is 2.26. The summed E-state index contributed by atoms with van der Waals surface area (Å²) in [5, 5.41) is 4.44. The van der Waals surface area contributed by atoms with Crippen molar-refractivity contribution in [3.8, 4) is 5.95 Å². The summed E-state index contributed by atoms with van der Waals surface area (Å²) in [6, 6.07) is 16.1. The summed E-state index contributed by atoms with van der Waals surface area (Å²) in [5.41, 5.74) is 3.34. The zero-order valence-electron chi connectivity index (χ0n) is 15.2. The van der Waals surface area contributed by atoms with Crippen LogP contribution in [0, 0.1) is 13.8 Å². The number of imidazole rings is 1. The van der Waals surface area contributed by atoms with Gasteiger partial charge in [-0.15, -0.1) is 0 Å². The molecule has 2 aromatic heterocycles. The van der Waals surface area contributed by atoms with Crippen LogP contribution in [0.2, 0.25) is 0 Å². The number of sulfonamides is 1. The fraction of sp³-hybridized carbons (Fsp3) is 0.158. The number of H-pyrrole nitrogens is 1. The Morgan fingerprint density at radius 1 is 1.04 bits per heavy atom. The fourth-order valence-electron chi connectivity index (χ4n) is 2.90. The van der Waals surface area contributed by atoms with E-state index in [-0.39, 0.29) is 4.90 Å². The first kappa shape index (κ1) is 17.3. The third kappa shape index (κ3) is 2.97. The molecular formula is C19H19N5O2S. The van der Waals surface area contributed by atoms with Crippen LogP contribution in [-0.2, 0) is 10.0 Å². The summed E-state index contributed by atoms with van der Waals surface area (Å²) in [7, 11) is -2.21. The molecule has 0 saturated carbocycles. The minimum absolute atomic E-state index is 0.227. The van der Waals surface area contributed by atoms with Crippen molar-refractivity contribution in [1.29, 1.82) is 0 Å². The molecule has 4 aromatic rings. The number of para-hydroxylation sites is 2. The van der Waals surface area contributed by atoms with Gasteiger partial charge in [-0.3, -0.25) is 4.31 Å². The topological polar surface area (TPSA) is 83.9 Å². The van der Waals surface area contributed by atoms with Crippen molar-refractivity contribution in [1.82, 2.24) is 19.7 Å². The molecule has 0 fully saturated rings. The first-order valence-corrected chi connectivity index (χ1v) is 9.88. The predicted octanol–water partition coefficient (Wildman–Crippen LogP) is 3.19. The van der Waals surface area contributed by atoms with Gasteiger partial charge in [-0.2, -0.15) is 9.78 Å². The van der Waals surface area contributed by atoms with Crippen molar-refractivity contribution < 1.29 is 8.42 Å².